The molecule has 0 saturated heterocycles. The lowest BCUT2D eigenvalue weighted by molar-refractivity contribution is -0.116. The Balaban J connectivity index is 1.37. The predicted octanol–water partition coefficient (Wildman–Crippen LogP) is 4.02. The number of hydrogen-bond donors (Lipinski definition) is 1. The lowest BCUT2D eigenvalue weighted by Gasteiger charge is -2.13. The highest BCUT2D eigenvalue weighted by Crippen LogP contribution is 2.38. The zero-order chi connectivity index (χ0) is 19.3. The van der Waals surface area contributed by atoms with Crippen LogP contribution in [0.15, 0.2) is 73.1 Å². The maximum absolute atomic E-state index is 13.2. The summed E-state index contributed by atoms with van der Waals surface area (Å²) >= 11 is 0. The molecule has 0 spiro atoms. The average Bonchev–Trinajstić information content (AvgIpc) is 3.14. The molecule has 0 bridgehead atoms. The van der Waals surface area contributed by atoms with Gasteiger partial charge in [-0.25, -0.2) is 4.39 Å². The fourth-order valence-electron chi connectivity index (χ4n) is 3.27. The molecular weight excluding hydrogens is 355 g/mol. The standard InChI is InChI=1S/C23H19FN2O2/c24-19-5-1-3-16(13-19)7-8-22(27)26-15-20-14-18-4-2-6-21(23(18)28-20)17-9-11-25-12-10-17/h1-13,20H,14-15H2,(H,26,27)/b8-7+/t20-/m0/s1. The van der Waals surface area contributed by atoms with Gasteiger partial charge in [-0.15, -0.1) is 0 Å². The van der Waals surface area contributed by atoms with Crippen molar-refractivity contribution >= 4 is 12.0 Å². The molecule has 1 N–H and O–H groups in total. The van der Waals surface area contributed by atoms with Gasteiger partial charge in [0, 0.05) is 30.5 Å². The summed E-state index contributed by atoms with van der Waals surface area (Å²) < 4.78 is 19.3. The molecule has 0 saturated carbocycles. The molecule has 0 aliphatic carbocycles. The maximum atomic E-state index is 13.2. The van der Waals surface area contributed by atoms with Gasteiger partial charge in [0.15, 0.2) is 0 Å². The van der Waals surface area contributed by atoms with E-state index in [9.17, 15) is 9.18 Å². The van der Waals surface area contributed by atoms with Gasteiger partial charge < -0.3 is 10.1 Å². The topological polar surface area (TPSA) is 51.2 Å². The number of nitrogens with one attached hydrogen (secondary N) is 1. The first-order valence-electron chi connectivity index (χ1n) is 9.09. The summed E-state index contributed by atoms with van der Waals surface area (Å²) in [5.41, 5.74) is 3.85. The summed E-state index contributed by atoms with van der Waals surface area (Å²) in [5, 5.41) is 2.85. The summed E-state index contributed by atoms with van der Waals surface area (Å²) in [6.07, 6.45) is 7.12. The van der Waals surface area contributed by atoms with Crippen molar-refractivity contribution in [3.8, 4) is 16.9 Å². The van der Waals surface area contributed by atoms with Crippen molar-refractivity contribution in [3.63, 3.8) is 0 Å². The van der Waals surface area contributed by atoms with Crippen LogP contribution in [-0.2, 0) is 11.2 Å². The monoisotopic (exact) mass is 374 g/mol. The molecule has 0 unspecified atom stereocenters. The molecule has 5 heteroatoms. The summed E-state index contributed by atoms with van der Waals surface area (Å²) in [6.45, 7) is 0.400. The molecule has 2 aromatic carbocycles. The highest BCUT2D eigenvalue weighted by molar-refractivity contribution is 5.91. The van der Waals surface area contributed by atoms with Crippen LogP contribution in [0, 0.1) is 5.82 Å². The van der Waals surface area contributed by atoms with Crippen LogP contribution in [0.3, 0.4) is 0 Å². The van der Waals surface area contributed by atoms with Crippen LogP contribution < -0.4 is 10.1 Å². The number of ether oxygens (including phenoxy) is 1. The van der Waals surface area contributed by atoms with Crippen LogP contribution in [0.25, 0.3) is 17.2 Å². The summed E-state index contributed by atoms with van der Waals surface area (Å²) in [4.78, 5) is 16.1. The second-order valence-electron chi connectivity index (χ2n) is 6.61. The molecule has 1 aromatic heterocycles. The van der Waals surface area contributed by atoms with E-state index in [2.05, 4.69) is 10.3 Å². The van der Waals surface area contributed by atoms with Crippen LogP contribution in [0.5, 0.6) is 5.75 Å². The van der Waals surface area contributed by atoms with Gasteiger partial charge in [0.1, 0.15) is 17.7 Å². The Kier molecular flexibility index (Phi) is 5.15. The van der Waals surface area contributed by atoms with Gasteiger partial charge in [0.2, 0.25) is 5.91 Å². The first kappa shape index (κ1) is 17.9. The van der Waals surface area contributed by atoms with Crippen molar-refractivity contribution < 1.29 is 13.9 Å². The fourth-order valence-corrected chi connectivity index (χ4v) is 3.27. The Labute approximate surface area is 162 Å². The molecule has 4 nitrogen and oxygen atoms in total. The molecule has 0 fully saturated rings. The van der Waals surface area contributed by atoms with E-state index in [1.165, 1.54) is 18.2 Å². The van der Waals surface area contributed by atoms with E-state index in [0.29, 0.717) is 12.1 Å². The highest BCUT2D eigenvalue weighted by atomic mass is 19.1. The Bertz CT molecular complexity index is 1020. The quantitative estimate of drug-likeness (QED) is 0.686. The molecule has 2 heterocycles. The van der Waals surface area contributed by atoms with E-state index in [4.69, 9.17) is 4.74 Å². The molecule has 140 valence electrons. The zero-order valence-corrected chi connectivity index (χ0v) is 15.1. The first-order valence-corrected chi connectivity index (χ1v) is 9.09. The number of aromatic nitrogens is 1. The molecule has 28 heavy (non-hydrogen) atoms. The third-order valence-corrected chi connectivity index (χ3v) is 4.60. The Hall–Kier alpha value is -3.47. The Morgan fingerprint density at radius 1 is 1.18 bits per heavy atom. The van der Waals surface area contributed by atoms with Gasteiger partial charge in [-0.3, -0.25) is 9.78 Å². The van der Waals surface area contributed by atoms with Crippen LogP contribution >= 0.6 is 0 Å². The second kappa shape index (κ2) is 8.05. The Morgan fingerprint density at radius 2 is 2.00 bits per heavy atom. The van der Waals surface area contributed by atoms with E-state index in [1.54, 1.807) is 30.6 Å². The summed E-state index contributed by atoms with van der Waals surface area (Å²) in [5.74, 6) is 0.297. The fraction of sp³-hybridized carbons (Fsp3) is 0.130. The van der Waals surface area contributed by atoms with Gasteiger partial charge >= 0.3 is 0 Å². The molecule has 3 aromatic rings. The number of para-hydroxylation sites is 1. The number of fused-ring (bicyclic) bond motifs is 1. The Morgan fingerprint density at radius 3 is 2.82 bits per heavy atom. The van der Waals surface area contributed by atoms with Crippen LogP contribution in [0.4, 0.5) is 4.39 Å². The van der Waals surface area contributed by atoms with Gasteiger partial charge in [-0.2, -0.15) is 0 Å². The number of benzene rings is 2. The van der Waals surface area contributed by atoms with Gasteiger partial charge in [-0.05, 0) is 47.0 Å². The normalized spacial score (nSPS) is 15.2. The number of rotatable bonds is 5. The molecule has 1 aliphatic rings. The third-order valence-electron chi connectivity index (χ3n) is 4.60. The van der Waals surface area contributed by atoms with Gasteiger partial charge in [-0.1, -0.05) is 30.3 Å². The number of carbonyl (C=O) groups is 1. The van der Waals surface area contributed by atoms with Crippen molar-refractivity contribution in [2.45, 2.75) is 12.5 Å². The number of hydrogen-bond acceptors (Lipinski definition) is 3. The first-order chi connectivity index (χ1) is 13.7. The third kappa shape index (κ3) is 4.09. The lowest BCUT2D eigenvalue weighted by Crippen LogP contribution is -2.33. The molecule has 1 amide bonds. The molecule has 1 aliphatic heterocycles. The van der Waals surface area contributed by atoms with Crippen LogP contribution in [-0.4, -0.2) is 23.5 Å². The molecule has 0 radical (unpaired) electrons. The van der Waals surface area contributed by atoms with Crippen molar-refractivity contribution in [2.75, 3.05) is 6.54 Å². The average molecular weight is 374 g/mol. The number of amides is 1. The molecule has 4 rings (SSSR count). The van der Waals surface area contributed by atoms with E-state index < -0.39 is 0 Å². The number of halogens is 1. The van der Waals surface area contributed by atoms with Crippen molar-refractivity contribution in [2.24, 2.45) is 0 Å². The zero-order valence-electron chi connectivity index (χ0n) is 15.1. The second-order valence-corrected chi connectivity index (χ2v) is 6.61. The number of pyridine rings is 1. The van der Waals surface area contributed by atoms with E-state index in [1.807, 2.05) is 30.3 Å². The van der Waals surface area contributed by atoms with Gasteiger partial charge in [0.25, 0.3) is 0 Å². The van der Waals surface area contributed by atoms with Crippen molar-refractivity contribution in [1.29, 1.82) is 0 Å². The van der Waals surface area contributed by atoms with E-state index >= 15 is 0 Å². The van der Waals surface area contributed by atoms with Crippen molar-refractivity contribution in [3.05, 3.63) is 90.0 Å². The van der Waals surface area contributed by atoms with E-state index in [0.717, 1.165) is 28.9 Å². The SMILES string of the molecule is O=C(/C=C/c1cccc(F)c1)NC[C@@H]1Cc2cccc(-c3ccncc3)c2O1. The smallest absolute Gasteiger partial charge is 0.244 e. The molecular formula is C23H19FN2O2. The highest BCUT2D eigenvalue weighted by Gasteiger charge is 2.25. The summed E-state index contributed by atoms with van der Waals surface area (Å²) in [7, 11) is 0. The molecule has 1 atom stereocenters. The van der Waals surface area contributed by atoms with Crippen molar-refractivity contribution in [1.82, 2.24) is 10.3 Å². The maximum Gasteiger partial charge on any atom is 0.244 e. The van der Waals surface area contributed by atoms with E-state index in [-0.39, 0.29) is 17.8 Å². The van der Waals surface area contributed by atoms with Crippen LogP contribution in [0.1, 0.15) is 11.1 Å². The number of nitrogens with zero attached hydrogens (tertiary/aromatic N) is 1. The minimum Gasteiger partial charge on any atom is -0.487 e. The number of carbonyl (C=O) groups excluding carboxylic acids is 1. The van der Waals surface area contributed by atoms with Gasteiger partial charge in [0.05, 0.1) is 6.54 Å². The largest absolute Gasteiger partial charge is 0.487 e. The predicted molar refractivity (Wildman–Crippen MR) is 106 cm³/mol. The minimum atomic E-state index is -0.329. The lowest BCUT2D eigenvalue weighted by atomic mass is 10.0. The summed E-state index contributed by atoms with van der Waals surface area (Å²) in [6, 6.07) is 16.1. The minimum absolute atomic E-state index is 0.121. The van der Waals surface area contributed by atoms with Crippen LogP contribution in [0.2, 0.25) is 0 Å².